The van der Waals surface area contributed by atoms with Crippen molar-refractivity contribution in [1.82, 2.24) is 0 Å². The number of rotatable bonds is 3. The molecule has 1 fully saturated rings. The molecule has 2 aromatic carbocycles. The fraction of sp³-hybridized carbons (Fsp3) is 0.286. The predicted octanol–water partition coefficient (Wildman–Crippen LogP) is 1.08. The number of benzene rings is 2. The number of ether oxygens (including phenoxy) is 2. The summed E-state index contributed by atoms with van der Waals surface area (Å²) in [6.07, 6.45) is -6.63. The molecule has 0 bridgehead atoms. The topological polar surface area (TPSA) is 150 Å². The zero-order valence-electron chi connectivity index (χ0n) is 15.8. The zero-order valence-corrected chi connectivity index (χ0v) is 15.8. The van der Waals surface area contributed by atoms with Gasteiger partial charge in [-0.3, -0.25) is 4.79 Å². The molecule has 0 unspecified atom stereocenters. The highest BCUT2D eigenvalue weighted by Gasteiger charge is 2.43. The van der Waals surface area contributed by atoms with Crippen molar-refractivity contribution in [3.63, 3.8) is 0 Å². The summed E-state index contributed by atoms with van der Waals surface area (Å²) < 4.78 is 16.7. The highest BCUT2D eigenvalue weighted by Crippen LogP contribution is 2.34. The Morgan fingerprint density at radius 3 is 2.30 bits per heavy atom. The molecule has 1 aliphatic heterocycles. The van der Waals surface area contributed by atoms with E-state index in [-0.39, 0.29) is 34.0 Å². The summed E-state index contributed by atoms with van der Waals surface area (Å²) in [4.78, 5) is 12.8. The lowest BCUT2D eigenvalue weighted by Crippen LogP contribution is -2.58. The summed E-state index contributed by atoms with van der Waals surface area (Å²) >= 11 is 0. The second-order valence-corrected chi connectivity index (χ2v) is 7.14. The van der Waals surface area contributed by atoms with Gasteiger partial charge in [-0.15, -0.1) is 0 Å². The van der Waals surface area contributed by atoms with E-state index in [1.807, 2.05) is 0 Å². The van der Waals surface area contributed by atoms with E-state index in [0.717, 1.165) is 6.07 Å². The predicted molar refractivity (Wildman–Crippen MR) is 104 cm³/mol. The van der Waals surface area contributed by atoms with Crippen LogP contribution in [0.3, 0.4) is 0 Å². The minimum Gasteiger partial charge on any atom is -0.508 e. The zero-order chi connectivity index (χ0) is 21.6. The quantitative estimate of drug-likeness (QED) is 0.423. The van der Waals surface area contributed by atoms with Gasteiger partial charge < -0.3 is 39.4 Å². The minimum absolute atomic E-state index is 0.000562. The molecule has 5 atom stereocenters. The van der Waals surface area contributed by atoms with Crippen molar-refractivity contribution in [3.8, 4) is 28.6 Å². The maximum atomic E-state index is 12.8. The Morgan fingerprint density at radius 2 is 1.60 bits per heavy atom. The summed E-state index contributed by atoms with van der Waals surface area (Å²) in [6.45, 7) is 1.50. The molecule has 0 amide bonds. The van der Waals surface area contributed by atoms with Crippen LogP contribution in [0.1, 0.15) is 6.92 Å². The number of phenolic OH excluding ortho intramolecular Hbond substituents is 2. The summed E-state index contributed by atoms with van der Waals surface area (Å²) in [5.41, 5.74) is 0.0855. The number of hydrogen-bond acceptors (Lipinski definition) is 9. The van der Waals surface area contributed by atoms with Crippen LogP contribution in [-0.4, -0.2) is 56.2 Å². The van der Waals surface area contributed by atoms with Gasteiger partial charge in [0, 0.05) is 23.8 Å². The van der Waals surface area contributed by atoms with Gasteiger partial charge in [0.15, 0.2) is 5.43 Å². The number of phenols is 2. The van der Waals surface area contributed by atoms with E-state index in [2.05, 4.69) is 0 Å². The molecule has 2 heterocycles. The molecule has 1 saturated heterocycles. The third-order valence-electron chi connectivity index (χ3n) is 4.98. The molecule has 0 spiro atoms. The van der Waals surface area contributed by atoms with E-state index in [9.17, 15) is 30.3 Å². The molecule has 4 rings (SSSR count). The summed E-state index contributed by atoms with van der Waals surface area (Å²) in [6, 6.07) is 9.67. The van der Waals surface area contributed by atoms with Gasteiger partial charge in [0.2, 0.25) is 6.29 Å². The molecular weight excluding hydrogens is 396 g/mol. The maximum Gasteiger partial charge on any atom is 0.229 e. The van der Waals surface area contributed by atoms with Crippen molar-refractivity contribution in [2.75, 3.05) is 0 Å². The summed E-state index contributed by atoms with van der Waals surface area (Å²) in [5, 5.41) is 49.4. The first kappa shape index (κ1) is 20.2. The average Bonchev–Trinajstić information content (AvgIpc) is 2.70. The lowest BCUT2D eigenvalue weighted by Gasteiger charge is -2.38. The first-order valence-corrected chi connectivity index (χ1v) is 9.21. The number of aliphatic hydroxyl groups is 3. The van der Waals surface area contributed by atoms with Crippen molar-refractivity contribution < 1.29 is 39.4 Å². The third kappa shape index (κ3) is 3.59. The van der Waals surface area contributed by atoms with Crippen LogP contribution in [-0.2, 0) is 4.74 Å². The molecule has 5 N–H and O–H groups in total. The molecule has 1 aromatic heterocycles. The fourth-order valence-electron chi connectivity index (χ4n) is 3.34. The molecule has 1 aliphatic rings. The Hall–Kier alpha value is -3.11. The molecule has 3 aromatic rings. The van der Waals surface area contributed by atoms with Gasteiger partial charge in [-0.2, -0.15) is 0 Å². The van der Waals surface area contributed by atoms with Crippen molar-refractivity contribution in [1.29, 1.82) is 0 Å². The van der Waals surface area contributed by atoms with E-state index in [0.29, 0.717) is 5.56 Å². The van der Waals surface area contributed by atoms with Crippen LogP contribution in [0.25, 0.3) is 22.3 Å². The molecule has 9 nitrogen and oxygen atoms in total. The van der Waals surface area contributed by atoms with Gasteiger partial charge in [0.05, 0.1) is 6.10 Å². The van der Waals surface area contributed by atoms with E-state index < -0.39 is 36.1 Å². The van der Waals surface area contributed by atoms with Crippen LogP contribution >= 0.6 is 0 Å². The van der Waals surface area contributed by atoms with Gasteiger partial charge in [-0.1, -0.05) is 0 Å². The van der Waals surface area contributed by atoms with Crippen molar-refractivity contribution in [2.45, 2.75) is 37.6 Å². The summed E-state index contributed by atoms with van der Waals surface area (Å²) in [7, 11) is 0. The van der Waals surface area contributed by atoms with E-state index in [1.165, 1.54) is 31.2 Å². The molecule has 158 valence electrons. The van der Waals surface area contributed by atoms with Crippen LogP contribution < -0.4 is 10.2 Å². The maximum absolute atomic E-state index is 12.8. The van der Waals surface area contributed by atoms with Crippen LogP contribution in [0.15, 0.2) is 51.7 Å². The summed E-state index contributed by atoms with van der Waals surface area (Å²) in [5.74, 6) is -0.105. The van der Waals surface area contributed by atoms with Crippen LogP contribution in [0.4, 0.5) is 0 Å². The van der Waals surface area contributed by atoms with Crippen molar-refractivity contribution in [3.05, 3.63) is 52.7 Å². The largest absolute Gasteiger partial charge is 0.508 e. The van der Waals surface area contributed by atoms with Gasteiger partial charge in [0.25, 0.3) is 0 Å². The standard InChI is InChI=1S/C21H20O9/c1-9-18(25)19(26)20(27)21(28-9)30-16-7-12(23)6-15-17(16)13(24)8-14(29-15)10-2-4-11(22)5-3-10/h2-9,18-23,25-27H,1H3/t9-,18+,19-,20+,21+/m1/s1. The van der Waals surface area contributed by atoms with E-state index >= 15 is 0 Å². The highest BCUT2D eigenvalue weighted by molar-refractivity contribution is 5.86. The van der Waals surface area contributed by atoms with Crippen LogP contribution in [0.2, 0.25) is 0 Å². The SMILES string of the molecule is C[C@H]1O[C@@H](Oc2cc(O)cc3oc(-c4ccc(O)cc4)cc(=O)c23)[C@@H](O)[C@H](O)[C@H]1O. The van der Waals surface area contributed by atoms with Gasteiger partial charge in [-0.25, -0.2) is 0 Å². The van der Waals surface area contributed by atoms with E-state index in [4.69, 9.17) is 13.9 Å². The third-order valence-corrected chi connectivity index (χ3v) is 4.98. The van der Waals surface area contributed by atoms with E-state index in [1.54, 1.807) is 12.1 Å². The first-order valence-electron chi connectivity index (χ1n) is 9.21. The Kier molecular flexibility index (Phi) is 5.12. The van der Waals surface area contributed by atoms with Gasteiger partial charge in [-0.05, 0) is 31.2 Å². The Balaban J connectivity index is 1.76. The van der Waals surface area contributed by atoms with Crippen LogP contribution in [0, 0.1) is 0 Å². The van der Waals surface area contributed by atoms with Crippen molar-refractivity contribution in [2.24, 2.45) is 0 Å². The lowest BCUT2D eigenvalue weighted by molar-refractivity contribution is -0.267. The normalized spacial score (nSPS) is 26.6. The number of fused-ring (bicyclic) bond motifs is 1. The number of hydrogen-bond donors (Lipinski definition) is 5. The lowest BCUT2D eigenvalue weighted by atomic mass is 10.00. The van der Waals surface area contributed by atoms with Crippen LogP contribution in [0.5, 0.6) is 17.2 Å². The number of aliphatic hydroxyl groups excluding tert-OH is 3. The second-order valence-electron chi connectivity index (χ2n) is 7.14. The fourth-order valence-corrected chi connectivity index (χ4v) is 3.34. The minimum atomic E-state index is -1.59. The molecule has 0 aliphatic carbocycles. The average molecular weight is 416 g/mol. The Morgan fingerprint density at radius 1 is 0.900 bits per heavy atom. The molecule has 30 heavy (non-hydrogen) atoms. The smallest absolute Gasteiger partial charge is 0.229 e. The molecule has 9 heteroatoms. The first-order chi connectivity index (χ1) is 14.2. The number of aromatic hydroxyl groups is 2. The van der Waals surface area contributed by atoms with Crippen molar-refractivity contribution >= 4 is 11.0 Å². The van der Waals surface area contributed by atoms with Gasteiger partial charge in [0.1, 0.15) is 52.3 Å². The molecular formula is C21H20O9. The second kappa shape index (κ2) is 7.62. The molecule has 0 saturated carbocycles. The Labute approximate surface area is 170 Å². The van der Waals surface area contributed by atoms with Gasteiger partial charge >= 0.3 is 0 Å². The Bertz CT molecular complexity index is 1120. The monoisotopic (exact) mass is 416 g/mol. The molecule has 0 radical (unpaired) electrons. The highest BCUT2D eigenvalue weighted by atomic mass is 16.7.